The van der Waals surface area contributed by atoms with Crippen LogP contribution in [0.4, 0.5) is 0 Å². The number of amides is 1. The highest BCUT2D eigenvalue weighted by atomic mass is 35.5. The lowest BCUT2D eigenvalue weighted by atomic mass is 10.1. The third kappa shape index (κ3) is 4.25. The van der Waals surface area contributed by atoms with Gasteiger partial charge in [0, 0.05) is 37.2 Å². The van der Waals surface area contributed by atoms with Gasteiger partial charge in [0.1, 0.15) is 0 Å². The number of piperazine rings is 1. The predicted octanol–water partition coefficient (Wildman–Crippen LogP) is 2.85. The number of carbonyl (C=O) groups excluding carboxylic acids is 1. The maximum absolute atomic E-state index is 12.4. The van der Waals surface area contributed by atoms with E-state index in [1.54, 1.807) is 24.3 Å². The molecule has 3 rings (SSSR count). The van der Waals surface area contributed by atoms with Gasteiger partial charge in [-0.3, -0.25) is 9.69 Å². The summed E-state index contributed by atoms with van der Waals surface area (Å²) >= 11 is 5.85. The maximum Gasteiger partial charge on any atom is 0.225 e. The molecule has 1 heterocycles. The smallest absolute Gasteiger partial charge is 0.225 e. The molecule has 1 aliphatic heterocycles. The van der Waals surface area contributed by atoms with Gasteiger partial charge in [-0.1, -0.05) is 36.6 Å². The number of aliphatic hydroxyl groups is 1. The van der Waals surface area contributed by atoms with E-state index in [-0.39, 0.29) is 12.3 Å². The molecule has 4 nitrogen and oxygen atoms in total. The summed E-state index contributed by atoms with van der Waals surface area (Å²) in [4.78, 5) is 16.8. The van der Waals surface area contributed by atoms with Crippen molar-refractivity contribution in [3.05, 3.63) is 34.9 Å². The van der Waals surface area contributed by atoms with Crippen LogP contribution in [0.25, 0.3) is 0 Å². The Labute approximate surface area is 143 Å². The van der Waals surface area contributed by atoms with E-state index in [0.717, 1.165) is 37.8 Å². The third-order valence-electron chi connectivity index (χ3n) is 5.13. The second-order valence-electron chi connectivity index (χ2n) is 6.63. The van der Waals surface area contributed by atoms with Crippen LogP contribution in [0.1, 0.15) is 43.8 Å². The molecule has 1 aliphatic carbocycles. The Balaban J connectivity index is 1.48. The molecule has 1 atom stereocenters. The van der Waals surface area contributed by atoms with Crippen molar-refractivity contribution in [2.45, 2.75) is 44.2 Å². The highest BCUT2D eigenvalue weighted by Crippen LogP contribution is 2.25. The average molecular weight is 337 g/mol. The van der Waals surface area contributed by atoms with Crippen LogP contribution in [0.5, 0.6) is 0 Å². The minimum atomic E-state index is -0.757. The molecule has 1 aromatic rings. The Morgan fingerprint density at radius 3 is 2.35 bits per heavy atom. The van der Waals surface area contributed by atoms with Crippen molar-refractivity contribution in [1.82, 2.24) is 9.80 Å². The summed E-state index contributed by atoms with van der Waals surface area (Å²) in [5.41, 5.74) is 0.743. The fraction of sp³-hybridized carbons (Fsp3) is 0.611. The van der Waals surface area contributed by atoms with Crippen molar-refractivity contribution < 1.29 is 9.90 Å². The predicted molar refractivity (Wildman–Crippen MR) is 91.4 cm³/mol. The van der Waals surface area contributed by atoms with Crippen LogP contribution < -0.4 is 0 Å². The second-order valence-corrected chi connectivity index (χ2v) is 7.06. The van der Waals surface area contributed by atoms with E-state index in [1.165, 1.54) is 25.7 Å². The first-order chi connectivity index (χ1) is 11.1. The quantitative estimate of drug-likeness (QED) is 0.919. The molecule has 2 aliphatic rings. The number of benzene rings is 1. The van der Waals surface area contributed by atoms with E-state index in [4.69, 9.17) is 11.6 Å². The summed E-state index contributed by atoms with van der Waals surface area (Å²) in [6.07, 6.45) is 4.69. The Hall–Kier alpha value is -1.10. The molecule has 1 aromatic carbocycles. The molecule has 1 N–H and O–H groups in total. The van der Waals surface area contributed by atoms with Crippen LogP contribution in [0.3, 0.4) is 0 Å². The van der Waals surface area contributed by atoms with Crippen LogP contribution in [0.15, 0.2) is 24.3 Å². The minimum Gasteiger partial charge on any atom is -0.388 e. The molecule has 0 spiro atoms. The van der Waals surface area contributed by atoms with Crippen molar-refractivity contribution in [1.29, 1.82) is 0 Å². The van der Waals surface area contributed by atoms with Crippen LogP contribution in [0.2, 0.25) is 5.02 Å². The normalized spacial score (nSPS) is 21.6. The molecular weight excluding hydrogens is 312 g/mol. The van der Waals surface area contributed by atoms with Crippen LogP contribution in [0, 0.1) is 0 Å². The molecule has 126 valence electrons. The van der Waals surface area contributed by atoms with Gasteiger partial charge in [0.25, 0.3) is 0 Å². The Morgan fingerprint density at radius 1 is 1.13 bits per heavy atom. The van der Waals surface area contributed by atoms with E-state index < -0.39 is 6.10 Å². The molecule has 1 saturated carbocycles. The highest BCUT2D eigenvalue weighted by molar-refractivity contribution is 6.30. The van der Waals surface area contributed by atoms with Crippen molar-refractivity contribution >= 4 is 17.5 Å². The summed E-state index contributed by atoms with van der Waals surface area (Å²) < 4.78 is 0. The zero-order valence-electron chi connectivity index (χ0n) is 13.5. The van der Waals surface area contributed by atoms with Gasteiger partial charge in [-0.15, -0.1) is 0 Å². The highest BCUT2D eigenvalue weighted by Gasteiger charge is 2.28. The molecular formula is C18H25ClN2O2. The van der Waals surface area contributed by atoms with Gasteiger partial charge in [-0.2, -0.15) is 0 Å². The zero-order valence-corrected chi connectivity index (χ0v) is 14.2. The summed E-state index contributed by atoms with van der Waals surface area (Å²) in [5, 5.41) is 10.9. The molecule has 1 amide bonds. The minimum absolute atomic E-state index is 0.0403. The number of aliphatic hydroxyl groups excluding tert-OH is 1. The van der Waals surface area contributed by atoms with Gasteiger partial charge < -0.3 is 10.0 Å². The van der Waals surface area contributed by atoms with Crippen molar-refractivity contribution in [2.24, 2.45) is 0 Å². The Kier molecular flexibility index (Phi) is 5.57. The molecule has 0 bridgehead atoms. The molecule has 0 radical (unpaired) electrons. The first kappa shape index (κ1) is 16.7. The fourth-order valence-corrected chi connectivity index (χ4v) is 3.83. The van der Waals surface area contributed by atoms with E-state index in [2.05, 4.69) is 4.90 Å². The number of hydrogen-bond donors (Lipinski definition) is 1. The van der Waals surface area contributed by atoms with Crippen molar-refractivity contribution in [2.75, 3.05) is 26.2 Å². The van der Waals surface area contributed by atoms with Gasteiger partial charge >= 0.3 is 0 Å². The average Bonchev–Trinajstić information content (AvgIpc) is 3.10. The summed E-state index contributed by atoms with van der Waals surface area (Å²) in [6, 6.07) is 7.76. The van der Waals surface area contributed by atoms with E-state index in [9.17, 15) is 9.90 Å². The topological polar surface area (TPSA) is 43.8 Å². The standard InChI is InChI=1S/C18H25ClN2O2/c19-15-7-5-14(6-8-15)17(22)13-18(23)21-11-9-20(10-12-21)16-3-1-2-4-16/h5-8,16-17,22H,1-4,9-13H2. The summed E-state index contributed by atoms with van der Waals surface area (Å²) in [5.74, 6) is 0.0403. The van der Waals surface area contributed by atoms with Gasteiger partial charge in [0.05, 0.1) is 12.5 Å². The van der Waals surface area contributed by atoms with Crippen LogP contribution in [-0.4, -0.2) is 53.0 Å². The third-order valence-corrected chi connectivity index (χ3v) is 5.38. The molecule has 2 fully saturated rings. The molecule has 23 heavy (non-hydrogen) atoms. The SMILES string of the molecule is O=C(CC(O)c1ccc(Cl)cc1)N1CCN(C2CCCC2)CC1. The number of nitrogens with zero attached hydrogens (tertiary/aromatic N) is 2. The van der Waals surface area contributed by atoms with E-state index in [1.807, 2.05) is 4.90 Å². The van der Waals surface area contributed by atoms with Crippen molar-refractivity contribution in [3.63, 3.8) is 0 Å². The summed E-state index contributed by atoms with van der Waals surface area (Å²) in [7, 11) is 0. The van der Waals surface area contributed by atoms with E-state index >= 15 is 0 Å². The van der Waals surface area contributed by atoms with Gasteiger partial charge in [0.15, 0.2) is 0 Å². The second kappa shape index (κ2) is 7.65. The number of carbonyl (C=O) groups is 1. The fourth-order valence-electron chi connectivity index (χ4n) is 3.70. The number of rotatable bonds is 4. The lowest BCUT2D eigenvalue weighted by Gasteiger charge is -2.38. The van der Waals surface area contributed by atoms with Gasteiger partial charge in [0.2, 0.25) is 5.91 Å². The first-order valence-electron chi connectivity index (χ1n) is 8.59. The Morgan fingerprint density at radius 2 is 1.74 bits per heavy atom. The Bertz CT molecular complexity index is 520. The molecule has 1 saturated heterocycles. The number of hydrogen-bond acceptors (Lipinski definition) is 3. The molecule has 0 aromatic heterocycles. The largest absolute Gasteiger partial charge is 0.388 e. The molecule has 5 heteroatoms. The van der Waals surface area contributed by atoms with Gasteiger partial charge in [-0.25, -0.2) is 0 Å². The lowest BCUT2D eigenvalue weighted by molar-refractivity contribution is -0.135. The number of halogens is 1. The van der Waals surface area contributed by atoms with Crippen LogP contribution >= 0.6 is 11.6 Å². The van der Waals surface area contributed by atoms with E-state index in [0.29, 0.717) is 5.02 Å². The summed E-state index contributed by atoms with van der Waals surface area (Å²) in [6.45, 7) is 3.49. The maximum atomic E-state index is 12.4. The van der Waals surface area contributed by atoms with Gasteiger partial charge in [-0.05, 0) is 30.5 Å². The first-order valence-corrected chi connectivity index (χ1v) is 8.96. The monoisotopic (exact) mass is 336 g/mol. The lowest BCUT2D eigenvalue weighted by Crippen LogP contribution is -2.51. The van der Waals surface area contributed by atoms with Crippen molar-refractivity contribution in [3.8, 4) is 0 Å². The molecule has 1 unspecified atom stereocenters. The van der Waals surface area contributed by atoms with Crippen LogP contribution in [-0.2, 0) is 4.79 Å². The zero-order chi connectivity index (χ0) is 16.2.